The number of aromatic nitrogens is 4. The summed E-state index contributed by atoms with van der Waals surface area (Å²) in [7, 11) is 2.07. The van der Waals surface area contributed by atoms with Gasteiger partial charge in [0.05, 0.1) is 11.4 Å². The molecule has 4 nitrogen and oxygen atoms in total. The topological polar surface area (TPSA) is 35.6 Å². The van der Waals surface area contributed by atoms with Gasteiger partial charge in [-0.15, -0.1) is 0 Å². The Morgan fingerprint density at radius 3 is 1.45 bits per heavy atom. The highest BCUT2D eigenvalue weighted by molar-refractivity contribution is 6.33. The Kier molecular flexibility index (Phi) is 6.75. The van der Waals surface area contributed by atoms with Crippen molar-refractivity contribution in [3.63, 3.8) is 0 Å². The number of hydrogen-bond donors (Lipinski definition) is 0. The molecule has 0 aliphatic heterocycles. The van der Waals surface area contributed by atoms with Gasteiger partial charge in [0, 0.05) is 39.9 Å². The Balaban J connectivity index is 1.66. The molecule has 7 aromatic rings. The quantitative estimate of drug-likeness (QED) is 0.202. The average molecular weight is 563 g/mol. The maximum absolute atomic E-state index is 6.97. The molecule has 0 radical (unpaired) electrons. The zero-order chi connectivity index (χ0) is 28.5. The van der Waals surface area contributed by atoms with Gasteiger partial charge in [0.15, 0.2) is 0 Å². The molecule has 0 atom stereocenters. The second-order valence-corrected chi connectivity index (χ2v) is 10.5. The van der Waals surface area contributed by atoms with E-state index < -0.39 is 0 Å². The predicted octanol–water partition coefficient (Wildman–Crippen LogP) is 9.59. The normalized spacial score (nSPS) is 11.1. The second kappa shape index (κ2) is 11.0. The van der Waals surface area contributed by atoms with Crippen LogP contribution < -0.4 is 0 Å². The van der Waals surface area contributed by atoms with E-state index in [1.165, 1.54) is 0 Å². The van der Waals surface area contributed by atoms with E-state index in [0.29, 0.717) is 5.02 Å². The first kappa shape index (κ1) is 25.8. The summed E-state index contributed by atoms with van der Waals surface area (Å²) in [5.41, 5.74) is 7.57. The fraction of sp³-hybridized carbons (Fsp3) is 0.0270. The van der Waals surface area contributed by atoms with Crippen molar-refractivity contribution in [1.82, 2.24) is 19.1 Å². The van der Waals surface area contributed by atoms with Crippen LogP contribution in [0.3, 0.4) is 0 Å². The van der Waals surface area contributed by atoms with Gasteiger partial charge in [-0.2, -0.15) is 0 Å². The Bertz CT molecular complexity index is 1980. The lowest BCUT2D eigenvalue weighted by Gasteiger charge is -2.17. The molecule has 0 amide bonds. The molecule has 5 aromatic carbocycles. The number of halogens is 1. The van der Waals surface area contributed by atoms with Crippen LogP contribution >= 0.6 is 11.6 Å². The van der Waals surface area contributed by atoms with Crippen LogP contribution in [-0.2, 0) is 7.05 Å². The lowest BCUT2D eigenvalue weighted by Crippen LogP contribution is -2.08. The third-order valence-corrected chi connectivity index (χ3v) is 7.77. The SMILES string of the molecule is Cn1c(-c2ccccc2)nc(-c2ccccc2)c1-n1c(-c2ccccc2)nc(-c2ccccc2)c1-c1ccccc1Cl. The molecule has 202 valence electrons. The molecule has 7 rings (SSSR count). The average Bonchev–Trinajstić information content (AvgIpc) is 3.61. The first-order valence-corrected chi connectivity index (χ1v) is 14.2. The molecule has 0 aliphatic rings. The van der Waals surface area contributed by atoms with Crippen molar-refractivity contribution in [2.45, 2.75) is 0 Å². The van der Waals surface area contributed by atoms with Gasteiger partial charge in [0.1, 0.15) is 23.2 Å². The molecular weight excluding hydrogens is 536 g/mol. The van der Waals surface area contributed by atoms with E-state index in [1.807, 2.05) is 91.0 Å². The first-order chi connectivity index (χ1) is 20.7. The molecule has 0 N–H and O–H groups in total. The number of hydrogen-bond acceptors (Lipinski definition) is 2. The van der Waals surface area contributed by atoms with E-state index >= 15 is 0 Å². The van der Waals surface area contributed by atoms with Crippen molar-refractivity contribution in [2.24, 2.45) is 7.05 Å². The van der Waals surface area contributed by atoms with Gasteiger partial charge in [-0.1, -0.05) is 151 Å². The summed E-state index contributed by atoms with van der Waals surface area (Å²) in [6, 6.07) is 49.2. The van der Waals surface area contributed by atoms with Crippen molar-refractivity contribution >= 4 is 11.6 Å². The molecule has 2 heterocycles. The van der Waals surface area contributed by atoms with Gasteiger partial charge in [0.25, 0.3) is 0 Å². The number of imidazole rings is 2. The van der Waals surface area contributed by atoms with Crippen molar-refractivity contribution in [3.05, 3.63) is 151 Å². The molecule has 5 heteroatoms. The maximum Gasteiger partial charge on any atom is 0.147 e. The van der Waals surface area contributed by atoms with Crippen LogP contribution in [-0.4, -0.2) is 19.1 Å². The lowest BCUT2D eigenvalue weighted by atomic mass is 10.0. The van der Waals surface area contributed by atoms with Gasteiger partial charge in [0.2, 0.25) is 0 Å². The Labute approximate surface area is 250 Å². The van der Waals surface area contributed by atoms with Crippen molar-refractivity contribution in [3.8, 4) is 62.4 Å². The molecule has 0 spiro atoms. The van der Waals surface area contributed by atoms with Crippen LogP contribution in [0.2, 0.25) is 5.02 Å². The minimum absolute atomic E-state index is 0.655. The van der Waals surface area contributed by atoms with Crippen molar-refractivity contribution in [2.75, 3.05) is 0 Å². The van der Waals surface area contributed by atoms with Gasteiger partial charge >= 0.3 is 0 Å². The smallest absolute Gasteiger partial charge is 0.147 e. The lowest BCUT2D eigenvalue weighted by molar-refractivity contribution is 0.854. The molecular formula is C37H27ClN4. The highest BCUT2D eigenvalue weighted by Crippen LogP contribution is 2.43. The zero-order valence-electron chi connectivity index (χ0n) is 23.0. The minimum Gasteiger partial charge on any atom is -0.313 e. The molecule has 0 saturated heterocycles. The van der Waals surface area contributed by atoms with E-state index in [1.54, 1.807) is 0 Å². The summed E-state index contributed by atoms with van der Waals surface area (Å²) in [5, 5.41) is 0.655. The largest absolute Gasteiger partial charge is 0.313 e. The third-order valence-electron chi connectivity index (χ3n) is 7.44. The summed E-state index contributed by atoms with van der Waals surface area (Å²) in [6.07, 6.45) is 0. The maximum atomic E-state index is 6.97. The van der Waals surface area contributed by atoms with Crippen LogP contribution in [0.25, 0.3) is 62.4 Å². The van der Waals surface area contributed by atoms with Crippen LogP contribution in [0.4, 0.5) is 0 Å². The van der Waals surface area contributed by atoms with Gasteiger partial charge in [-0.3, -0.25) is 4.57 Å². The van der Waals surface area contributed by atoms with E-state index in [9.17, 15) is 0 Å². The molecule has 0 bridgehead atoms. The van der Waals surface area contributed by atoms with E-state index in [2.05, 4.69) is 70.8 Å². The monoisotopic (exact) mass is 562 g/mol. The fourth-order valence-electron chi connectivity index (χ4n) is 5.49. The Morgan fingerprint density at radius 1 is 0.476 bits per heavy atom. The minimum atomic E-state index is 0.655. The van der Waals surface area contributed by atoms with Gasteiger partial charge < -0.3 is 4.57 Å². The summed E-state index contributed by atoms with van der Waals surface area (Å²) in [5.74, 6) is 2.58. The standard InChI is InChI=1S/C37H27ClN4/c1-41-35(28-20-10-4-11-21-28)40-33(27-18-8-3-9-19-27)37(41)42-34(30-24-14-15-25-31(30)38)32(26-16-6-2-7-17-26)39-36(42)29-22-12-5-13-23-29/h2-25H,1H3. The van der Waals surface area contributed by atoms with E-state index in [-0.39, 0.29) is 0 Å². The van der Waals surface area contributed by atoms with Gasteiger partial charge in [-0.05, 0) is 6.07 Å². The summed E-state index contributed by atoms with van der Waals surface area (Å²) < 4.78 is 4.40. The highest BCUT2D eigenvalue weighted by Gasteiger charge is 2.29. The Hall–Kier alpha value is -5.19. The van der Waals surface area contributed by atoms with E-state index in [0.717, 1.165) is 62.4 Å². The number of benzene rings is 5. The summed E-state index contributed by atoms with van der Waals surface area (Å²) in [6.45, 7) is 0. The molecule has 0 fully saturated rings. The van der Waals surface area contributed by atoms with Gasteiger partial charge in [-0.25, -0.2) is 9.97 Å². The summed E-state index contributed by atoms with van der Waals surface area (Å²) >= 11 is 6.97. The van der Waals surface area contributed by atoms with Crippen LogP contribution in [0.15, 0.2) is 146 Å². The van der Waals surface area contributed by atoms with Crippen molar-refractivity contribution in [1.29, 1.82) is 0 Å². The molecule has 0 aliphatic carbocycles. The number of rotatable bonds is 6. The predicted molar refractivity (Wildman–Crippen MR) is 173 cm³/mol. The van der Waals surface area contributed by atoms with Crippen LogP contribution in [0, 0.1) is 0 Å². The molecule has 0 unspecified atom stereocenters. The van der Waals surface area contributed by atoms with E-state index in [4.69, 9.17) is 21.6 Å². The number of nitrogens with zero attached hydrogens (tertiary/aromatic N) is 4. The van der Waals surface area contributed by atoms with Crippen LogP contribution in [0.5, 0.6) is 0 Å². The zero-order valence-corrected chi connectivity index (χ0v) is 23.8. The fourth-order valence-corrected chi connectivity index (χ4v) is 5.71. The second-order valence-electron chi connectivity index (χ2n) is 10.1. The molecule has 0 saturated carbocycles. The Morgan fingerprint density at radius 2 is 0.905 bits per heavy atom. The molecule has 2 aromatic heterocycles. The summed E-state index contributed by atoms with van der Waals surface area (Å²) in [4.78, 5) is 10.6. The molecule has 42 heavy (non-hydrogen) atoms. The van der Waals surface area contributed by atoms with Crippen molar-refractivity contribution < 1.29 is 0 Å². The first-order valence-electron chi connectivity index (χ1n) is 13.9. The third kappa shape index (κ3) is 4.52. The van der Waals surface area contributed by atoms with Crippen LogP contribution in [0.1, 0.15) is 0 Å². The highest BCUT2D eigenvalue weighted by atomic mass is 35.5.